The number of ether oxygens (including phenoxy) is 1. The highest BCUT2D eigenvalue weighted by Gasteiger charge is 2.33. The smallest absolute Gasteiger partial charge is 0.255 e. The number of methoxy groups -OCH3 is 1. The van der Waals surface area contributed by atoms with Gasteiger partial charge in [0, 0.05) is 79.4 Å². The molecule has 1 aromatic heterocycles. The molecule has 1 saturated heterocycles. The average molecular weight is 565 g/mol. The highest BCUT2D eigenvalue weighted by atomic mass is 35.5. The van der Waals surface area contributed by atoms with Crippen LogP contribution < -0.4 is 15.8 Å². The van der Waals surface area contributed by atoms with Crippen LogP contribution in [0.15, 0.2) is 42.5 Å². The quantitative estimate of drug-likeness (QED) is 0.453. The van der Waals surface area contributed by atoms with E-state index in [1.807, 2.05) is 29.2 Å². The maximum Gasteiger partial charge on any atom is 0.255 e. The minimum absolute atomic E-state index is 0.0232. The van der Waals surface area contributed by atoms with Crippen molar-refractivity contribution in [1.29, 1.82) is 0 Å². The molecule has 1 fully saturated rings. The summed E-state index contributed by atoms with van der Waals surface area (Å²) < 4.78 is 5.36. The van der Waals surface area contributed by atoms with Crippen LogP contribution in [0.25, 0.3) is 10.9 Å². The molecule has 0 spiro atoms. The minimum atomic E-state index is -0.177. The Hall–Kier alpha value is -3.24. The van der Waals surface area contributed by atoms with Gasteiger partial charge in [0.05, 0.1) is 30.4 Å². The highest BCUT2D eigenvalue weighted by Crippen LogP contribution is 2.31. The molecule has 10 heteroatoms. The van der Waals surface area contributed by atoms with E-state index in [-0.39, 0.29) is 23.9 Å². The van der Waals surface area contributed by atoms with Gasteiger partial charge in [0.25, 0.3) is 5.91 Å². The Morgan fingerprint density at radius 1 is 1.10 bits per heavy atom. The third-order valence-electron chi connectivity index (χ3n) is 8.06. The largest absolute Gasteiger partial charge is 0.495 e. The second-order valence-electron chi connectivity index (χ2n) is 11.1. The average Bonchev–Trinajstić information content (AvgIpc) is 2.95. The van der Waals surface area contributed by atoms with Gasteiger partial charge in [0.15, 0.2) is 0 Å². The lowest BCUT2D eigenvalue weighted by Crippen LogP contribution is -2.58. The van der Waals surface area contributed by atoms with Gasteiger partial charge in [0.1, 0.15) is 5.75 Å². The number of hydrogen-bond donors (Lipinski definition) is 2. The number of halogens is 1. The molecule has 9 nitrogen and oxygen atoms in total. The molecule has 0 radical (unpaired) electrons. The molecular formula is C30H37ClN6O3. The van der Waals surface area contributed by atoms with E-state index in [4.69, 9.17) is 27.1 Å². The van der Waals surface area contributed by atoms with Gasteiger partial charge in [-0.25, -0.2) is 0 Å². The van der Waals surface area contributed by atoms with Gasteiger partial charge in [-0.2, -0.15) is 0 Å². The van der Waals surface area contributed by atoms with E-state index < -0.39 is 0 Å². The zero-order valence-corrected chi connectivity index (χ0v) is 24.1. The first-order valence-corrected chi connectivity index (χ1v) is 14.1. The Balaban J connectivity index is 1.38. The number of pyridine rings is 1. The summed E-state index contributed by atoms with van der Waals surface area (Å²) in [6.07, 6.45) is 0.659. The fraction of sp³-hybridized carbons (Fsp3) is 0.433. The molecule has 212 valence electrons. The first-order valence-electron chi connectivity index (χ1n) is 13.7. The third-order valence-corrected chi connectivity index (χ3v) is 8.30. The SMILES string of the molecule is COc1ccc(Cl)cc1NC(=O)CN1CCc2nc3ccccc3c(C(=O)N3CCN(C(C)(C)CN)CC3)c2C1. The van der Waals surface area contributed by atoms with E-state index in [0.29, 0.717) is 61.2 Å². The summed E-state index contributed by atoms with van der Waals surface area (Å²) in [5, 5.41) is 4.28. The molecule has 3 heterocycles. The van der Waals surface area contributed by atoms with Crippen LogP contribution in [0.3, 0.4) is 0 Å². The van der Waals surface area contributed by atoms with Crippen molar-refractivity contribution in [1.82, 2.24) is 19.7 Å². The van der Waals surface area contributed by atoms with Crippen molar-refractivity contribution in [3.63, 3.8) is 0 Å². The van der Waals surface area contributed by atoms with Gasteiger partial charge >= 0.3 is 0 Å². The van der Waals surface area contributed by atoms with E-state index in [9.17, 15) is 9.59 Å². The number of anilines is 1. The predicted octanol–water partition coefficient (Wildman–Crippen LogP) is 3.39. The number of para-hydroxylation sites is 1. The Morgan fingerprint density at radius 3 is 2.58 bits per heavy atom. The molecule has 2 aromatic carbocycles. The monoisotopic (exact) mass is 564 g/mol. The first kappa shape index (κ1) is 28.3. The maximum atomic E-state index is 14.1. The Labute approximate surface area is 240 Å². The number of nitrogens with two attached hydrogens (primary N) is 1. The third kappa shape index (κ3) is 5.78. The number of hydrogen-bond acceptors (Lipinski definition) is 7. The maximum absolute atomic E-state index is 14.1. The van der Waals surface area contributed by atoms with Gasteiger partial charge < -0.3 is 20.7 Å². The van der Waals surface area contributed by atoms with Crippen LogP contribution in [0.4, 0.5) is 5.69 Å². The molecule has 2 aliphatic heterocycles. The van der Waals surface area contributed by atoms with E-state index in [1.165, 1.54) is 0 Å². The standard InChI is InChI=1S/C30H37ClN6O3/c1-30(2,19-32)37-14-12-36(13-15-37)29(39)28-21-6-4-5-7-23(21)33-24-10-11-35(17-22(24)28)18-27(38)34-25-16-20(31)8-9-26(25)40-3/h4-9,16H,10-15,17-19,32H2,1-3H3,(H,34,38). The van der Waals surface area contributed by atoms with Gasteiger partial charge in [-0.1, -0.05) is 29.8 Å². The number of carbonyl (C=O) groups excluding carboxylic acids is 2. The van der Waals surface area contributed by atoms with Gasteiger partial charge in [0.2, 0.25) is 5.91 Å². The number of fused-ring (bicyclic) bond motifs is 2. The van der Waals surface area contributed by atoms with E-state index in [0.717, 1.165) is 35.2 Å². The molecular weight excluding hydrogens is 528 g/mol. The molecule has 2 amide bonds. The van der Waals surface area contributed by atoms with Crippen molar-refractivity contribution in [2.24, 2.45) is 5.73 Å². The van der Waals surface area contributed by atoms with Crippen LogP contribution >= 0.6 is 11.6 Å². The van der Waals surface area contributed by atoms with E-state index >= 15 is 0 Å². The summed E-state index contributed by atoms with van der Waals surface area (Å²) in [7, 11) is 1.55. The number of carbonyl (C=O) groups is 2. The highest BCUT2D eigenvalue weighted by molar-refractivity contribution is 6.31. The number of benzene rings is 2. The van der Waals surface area contributed by atoms with Crippen molar-refractivity contribution >= 4 is 40.0 Å². The fourth-order valence-corrected chi connectivity index (χ4v) is 5.77. The summed E-state index contributed by atoms with van der Waals surface area (Å²) in [5.41, 5.74) is 9.79. The molecule has 40 heavy (non-hydrogen) atoms. The number of amides is 2. The van der Waals surface area contributed by atoms with E-state index in [2.05, 4.69) is 29.0 Å². The molecule has 0 unspecified atom stereocenters. The Morgan fingerprint density at radius 2 is 1.85 bits per heavy atom. The number of rotatable bonds is 7. The van der Waals surface area contributed by atoms with Crippen molar-refractivity contribution in [3.8, 4) is 5.75 Å². The van der Waals surface area contributed by atoms with E-state index in [1.54, 1.807) is 25.3 Å². The van der Waals surface area contributed by atoms with Gasteiger partial charge in [-0.05, 0) is 38.1 Å². The molecule has 3 aromatic rings. The Bertz CT molecular complexity index is 1420. The molecule has 0 saturated carbocycles. The Kier molecular flexibility index (Phi) is 8.28. The summed E-state index contributed by atoms with van der Waals surface area (Å²) >= 11 is 6.13. The number of aromatic nitrogens is 1. The topological polar surface area (TPSA) is 104 Å². The molecule has 3 N–H and O–H groups in total. The molecule has 0 aliphatic carbocycles. The van der Waals surface area contributed by atoms with Gasteiger partial charge in [-0.3, -0.25) is 24.4 Å². The molecule has 0 bridgehead atoms. The normalized spacial score (nSPS) is 16.6. The first-order chi connectivity index (χ1) is 19.2. The second kappa shape index (κ2) is 11.7. The van der Waals surface area contributed by atoms with Crippen LogP contribution in [-0.2, 0) is 17.8 Å². The van der Waals surface area contributed by atoms with Crippen LogP contribution in [0, 0.1) is 0 Å². The van der Waals surface area contributed by atoms with Crippen molar-refractivity contribution in [2.75, 3.05) is 58.2 Å². The van der Waals surface area contributed by atoms with Crippen molar-refractivity contribution < 1.29 is 14.3 Å². The lowest BCUT2D eigenvalue weighted by atomic mass is 9.94. The van der Waals surface area contributed by atoms with Crippen LogP contribution in [0.1, 0.15) is 35.5 Å². The van der Waals surface area contributed by atoms with Gasteiger partial charge in [-0.15, -0.1) is 0 Å². The lowest BCUT2D eigenvalue weighted by molar-refractivity contribution is -0.117. The molecule has 5 rings (SSSR count). The summed E-state index contributed by atoms with van der Waals surface area (Å²) in [6, 6.07) is 12.9. The second-order valence-corrected chi connectivity index (χ2v) is 11.5. The lowest BCUT2D eigenvalue weighted by Gasteiger charge is -2.43. The number of piperazine rings is 1. The zero-order chi connectivity index (χ0) is 28.4. The van der Waals surface area contributed by atoms with Crippen molar-refractivity contribution in [2.45, 2.75) is 32.4 Å². The summed E-state index contributed by atoms with van der Waals surface area (Å²) in [5.74, 6) is 0.388. The minimum Gasteiger partial charge on any atom is -0.495 e. The van der Waals surface area contributed by atoms with Crippen LogP contribution in [-0.4, -0.2) is 90.0 Å². The van der Waals surface area contributed by atoms with Crippen LogP contribution in [0.2, 0.25) is 5.02 Å². The van der Waals surface area contributed by atoms with Crippen LogP contribution in [0.5, 0.6) is 5.75 Å². The van der Waals surface area contributed by atoms with Crippen molar-refractivity contribution in [3.05, 3.63) is 64.3 Å². The zero-order valence-electron chi connectivity index (χ0n) is 23.4. The predicted molar refractivity (Wildman–Crippen MR) is 158 cm³/mol. The number of nitrogens with one attached hydrogen (secondary N) is 1. The molecule has 2 aliphatic rings. The number of nitrogens with zero attached hydrogens (tertiary/aromatic N) is 4. The summed E-state index contributed by atoms with van der Waals surface area (Å²) in [4.78, 5) is 38.4. The molecule has 0 atom stereocenters. The fourth-order valence-electron chi connectivity index (χ4n) is 5.60. The summed E-state index contributed by atoms with van der Waals surface area (Å²) in [6.45, 7) is 8.99.